The van der Waals surface area contributed by atoms with E-state index in [1.807, 2.05) is 6.92 Å². The van der Waals surface area contributed by atoms with Crippen LogP contribution in [-0.4, -0.2) is 24.0 Å². The van der Waals surface area contributed by atoms with Gasteiger partial charge in [-0.05, 0) is 45.2 Å². The molecule has 0 aliphatic carbocycles. The highest BCUT2D eigenvalue weighted by atomic mass is 15.1. The van der Waals surface area contributed by atoms with Crippen LogP contribution >= 0.6 is 0 Å². The van der Waals surface area contributed by atoms with Gasteiger partial charge in [0.1, 0.15) is 0 Å². The fraction of sp³-hybridized carbons (Fsp3) is 0.909. The summed E-state index contributed by atoms with van der Waals surface area (Å²) in [7, 11) is 0. The largest absolute Gasteiger partial charge is 0.288 e. The minimum atomic E-state index is 0.107. The Morgan fingerprint density at radius 1 is 1.46 bits per heavy atom. The molecule has 0 amide bonds. The minimum absolute atomic E-state index is 0.107. The zero-order chi connectivity index (χ0) is 9.68. The zero-order valence-electron chi connectivity index (χ0n) is 8.79. The molecule has 2 atom stereocenters. The molecule has 0 bridgehead atoms. The van der Waals surface area contributed by atoms with Gasteiger partial charge in [-0.15, -0.1) is 0 Å². The van der Waals surface area contributed by atoms with Crippen molar-refractivity contribution in [2.75, 3.05) is 13.1 Å². The lowest BCUT2D eigenvalue weighted by Gasteiger charge is -2.22. The van der Waals surface area contributed by atoms with Gasteiger partial charge in [0.15, 0.2) is 0 Å². The van der Waals surface area contributed by atoms with E-state index in [0.29, 0.717) is 0 Å². The Hall–Kier alpha value is -0.550. The van der Waals surface area contributed by atoms with Crippen molar-refractivity contribution in [1.29, 1.82) is 5.26 Å². The van der Waals surface area contributed by atoms with Crippen LogP contribution in [0.4, 0.5) is 0 Å². The third kappa shape index (κ3) is 3.00. The predicted octanol–water partition coefficient (Wildman–Crippen LogP) is 2.41. The van der Waals surface area contributed by atoms with Gasteiger partial charge >= 0.3 is 0 Å². The molecule has 2 unspecified atom stereocenters. The maximum Gasteiger partial charge on any atom is 0.0949 e. The van der Waals surface area contributed by atoms with E-state index in [4.69, 9.17) is 5.26 Å². The highest BCUT2D eigenvalue weighted by Crippen LogP contribution is 2.20. The highest BCUT2D eigenvalue weighted by Gasteiger charge is 2.18. The summed E-state index contributed by atoms with van der Waals surface area (Å²) in [4.78, 5) is 2.32. The predicted molar refractivity (Wildman–Crippen MR) is 54.3 cm³/mol. The summed E-state index contributed by atoms with van der Waals surface area (Å²) < 4.78 is 0. The number of nitriles is 1. The molecule has 2 nitrogen and oxygen atoms in total. The van der Waals surface area contributed by atoms with E-state index in [2.05, 4.69) is 17.9 Å². The molecule has 13 heavy (non-hydrogen) atoms. The first-order valence-corrected chi connectivity index (χ1v) is 5.41. The molecule has 1 aliphatic rings. The Balaban J connectivity index is 2.41. The van der Waals surface area contributed by atoms with Crippen LogP contribution in [0.5, 0.6) is 0 Å². The van der Waals surface area contributed by atoms with Crippen molar-refractivity contribution in [2.24, 2.45) is 5.92 Å². The lowest BCUT2D eigenvalue weighted by atomic mass is 9.98. The number of hydrogen-bond donors (Lipinski definition) is 0. The molecule has 0 aromatic carbocycles. The van der Waals surface area contributed by atoms with Crippen molar-refractivity contribution in [2.45, 2.75) is 45.6 Å². The molecule has 0 spiro atoms. The molecule has 0 N–H and O–H groups in total. The molecule has 0 radical (unpaired) electrons. The van der Waals surface area contributed by atoms with E-state index in [-0.39, 0.29) is 6.04 Å². The van der Waals surface area contributed by atoms with Crippen molar-refractivity contribution < 1.29 is 0 Å². The quantitative estimate of drug-likeness (QED) is 0.652. The monoisotopic (exact) mass is 180 g/mol. The maximum absolute atomic E-state index is 8.81. The molecule has 1 heterocycles. The van der Waals surface area contributed by atoms with E-state index in [9.17, 15) is 0 Å². The van der Waals surface area contributed by atoms with Crippen LogP contribution in [0.2, 0.25) is 0 Å². The minimum Gasteiger partial charge on any atom is -0.288 e. The average Bonchev–Trinajstić information content (AvgIpc) is 2.41. The first-order chi connectivity index (χ1) is 6.27. The number of rotatable bonds is 2. The molecular weight excluding hydrogens is 160 g/mol. The number of likely N-dealkylation sites (tertiary alicyclic amines) is 1. The van der Waals surface area contributed by atoms with Gasteiger partial charge in [-0.3, -0.25) is 4.90 Å². The first-order valence-electron chi connectivity index (χ1n) is 5.41. The molecule has 2 heteroatoms. The standard InChI is InChI=1S/C11H20N2/c1-3-11-5-4-7-13(8-6-11)10(2)9-12/h10-11H,3-8H2,1-2H3. The van der Waals surface area contributed by atoms with Crippen LogP contribution in [0.1, 0.15) is 39.5 Å². The Labute approximate surface area is 81.5 Å². The average molecular weight is 180 g/mol. The Bertz CT molecular complexity index is 183. The second kappa shape index (κ2) is 5.24. The Morgan fingerprint density at radius 3 is 2.85 bits per heavy atom. The van der Waals surface area contributed by atoms with Gasteiger partial charge in [-0.1, -0.05) is 13.3 Å². The number of nitrogens with zero attached hydrogens (tertiary/aromatic N) is 2. The summed E-state index contributed by atoms with van der Waals surface area (Å²) >= 11 is 0. The van der Waals surface area contributed by atoms with Crippen molar-refractivity contribution in [1.82, 2.24) is 4.90 Å². The van der Waals surface area contributed by atoms with Gasteiger partial charge < -0.3 is 0 Å². The normalized spacial score (nSPS) is 27.6. The molecule has 0 aromatic heterocycles. The van der Waals surface area contributed by atoms with Crippen LogP contribution in [0.15, 0.2) is 0 Å². The lowest BCUT2D eigenvalue weighted by molar-refractivity contribution is 0.252. The Morgan fingerprint density at radius 2 is 2.23 bits per heavy atom. The second-order valence-corrected chi connectivity index (χ2v) is 4.05. The fourth-order valence-electron chi connectivity index (χ4n) is 2.06. The van der Waals surface area contributed by atoms with E-state index >= 15 is 0 Å². The fourth-order valence-corrected chi connectivity index (χ4v) is 2.06. The van der Waals surface area contributed by atoms with E-state index in [1.165, 1.54) is 25.7 Å². The second-order valence-electron chi connectivity index (χ2n) is 4.05. The number of hydrogen-bond acceptors (Lipinski definition) is 2. The molecular formula is C11H20N2. The summed E-state index contributed by atoms with van der Waals surface area (Å²) in [5, 5.41) is 8.81. The van der Waals surface area contributed by atoms with Gasteiger partial charge in [-0.2, -0.15) is 5.26 Å². The SMILES string of the molecule is CCC1CCCN(C(C)C#N)CC1. The molecule has 0 saturated carbocycles. The smallest absolute Gasteiger partial charge is 0.0949 e. The maximum atomic E-state index is 8.81. The first kappa shape index (κ1) is 10.5. The van der Waals surface area contributed by atoms with Crippen molar-refractivity contribution in [3.8, 4) is 6.07 Å². The summed E-state index contributed by atoms with van der Waals surface area (Å²) in [6, 6.07) is 2.43. The van der Waals surface area contributed by atoms with E-state index in [1.54, 1.807) is 0 Å². The zero-order valence-corrected chi connectivity index (χ0v) is 8.79. The van der Waals surface area contributed by atoms with E-state index in [0.717, 1.165) is 19.0 Å². The summed E-state index contributed by atoms with van der Waals surface area (Å²) in [6.45, 7) is 6.51. The van der Waals surface area contributed by atoms with Gasteiger partial charge in [0.25, 0.3) is 0 Å². The molecule has 74 valence electrons. The van der Waals surface area contributed by atoms with Gasteiger partial charge in [-0.25, -0.2) is 0 Å². The van der Waals surface area contributed by atoms with Crippen molar-refractivity contribution in [3.05, 3.63) is 0 Å². The van der Waals surface area contributed by atoms with Crippen LogP contribution in [0, 0.1) is 17.2 Å². The van der Waals surface area contributed by atoms with Crippen LogP contribution in [0.25, 0.3) is 0 Å². The van der Waals surface area contributed by atoms with Gasteiger partial charge in [0.2, 0.25) is 0 Å². The summed E-state index contributed by atoms with van der Waals surface area (Å²) in [5.41, 5.74) is 0. The van der Waals surface area contributed by atoms with Crippen LogP contribution in [0.3, 0.4) is 0 Å². The molecule has 1 fully saturated rings. The molecule has 1 saturated heterocycles. The lowest BCUT2D eigenvalue weighted by Crippen LogP contribution is -2.32. The van der Waals surface area contributed by atoms with Crippen molar-refractivity contribution >= 4 is 0 Å². The molecule has 1 rings (SSSR count). The van der Waals surface area contributed by atoms with Gasteiger partial charge in [0, 0.05) is 0 Å². The summed E-state index contributed by atoms with van der Waals surface area (Å²) in [5.74, 6) is 0.899. The van der Waals surface area contributed by atoms with Crippen LogP contribution in [-0.2, 0) is 0 Å². The Kier molecular flexibility index (Phi) is 4.24. The van der Waals surface area contributed by atoms with Crippen LogP contribution < -0.4 is 0 Å². The van der Waals surface area contributed by atoms with Gasteiger partial charge in [0.05, 0.1) is 12.1 Å². The third-order valence-electron chi connectivity index (χ3n) is 3.19. The molecule has 0 aromatic rings. The highest BCUT2D eigenvalue weighted by molar-refractivity contribution is 4.89. The summed E-state index contributed by atoms with van der Waals surface area (Å²) in [6.07, 6.45) is 5.20. The third-order valence-corrected chi connectivity index (χ3v) is 3.19. The molecule has 1 aliphatic heterocycles. The topological polar surface area (TPSA) is 27.0 Å². The van der Waals surface area contributed by atoms with Crippen molar-refractivity contribution in [3.63, 3.8) is 0 Å². The van der Waals surface area contributed by atoms with E-state index < -0.39 is 0 Å².